The second kappa shape index (κ2) is 9.44. The van der Waals surface area contributed by atoms with Gasteiger partial charge in [0.2, 0.25) is 5.91 Å². The van der Waals surface area contributed by atoms with Crippen molar-refractivity contribution >= 4 is 29.1 Å². The van der Waals surface area contributed by atoms with E-state index in [1.807, 2.05) is 62.4 Å². The summed E-state index contributed by atoms with van der Waals surface area (Å²) in [5.74, 6) is -0.381. The molecule has 3 aromatic rings. The van der Waals surface area contributed by atoms with Crippen molar-refractivity contribution in [2.24, 2.45) is 0 Å². The third-order valence-electron chi connectivity index (χ3n) is 5.82. The molecule has 166 valence electrons. The molecule has 1 saturated heterocycles. The van der Waals surface area contributed by atoms with E-state index in [1.54, 1.807) is 15.8 Å². The fraction of sp³-hybridized carbons (Fsp3) is 0.292. The van der Waals surface area contributed by atoms with Crippen molar-refractivity contribution in [3.05, 3.63) is 76.6 Å². The molecule has 8 heteroatoms. The highest BCUT2D eigenvalue weighted by Gasteiger charge is 2.22. The molecule has 0 spiro atoms. The van der Waals surface area contributed by atoms with Crippen molar-refractivity contribution < 1.29 is 9.59 Å². The van der Waals surface area contributed by atoms with E-state index in [2.05, 4.69) is 15.3 Å². The zero-order valence-corrected chi connectivity index (χ0v) is 19.0. The fourth-order valence-electron chi connectivity index (χ4n) is 3.91. The number of aromatic nitrogens is 2. The Hall–Kier alpha value is -3.32. The first-order valence-electron chi connectivity index (χ1n) is 10.6. The molecule has 0 bridgehead atoms. The first kappa shape index (κ1) is 21.9. The van der Waals surface area contributed by atoms with E-state index in [0.717, 1.165) is 35.7 Å². The summed E-state index contributed by atoms with van der Waals surface area (Å²) in [6.07, 6.45) is 1.55. The highest BCUT2D eigenvalue weighted by molar-refractivity contribution is 6.30. The van der Waals surface area contributed by atoms with Crippen LogP contribution in [0.2, 0.25) is 5.02 Å². The van der Waals surface area contributed by atoms with E-state index >= 15 is 0 Å². The maximum absolute atomic E-state index is 12.7. The van der Waals surface area contributed by atoms with E-state index in [4.69, 9.17) is 11.6 Å². The third-order valence-corrected chi connectivity index (χ3v) is 6.07. The number of carbonyl (C=O) groups excluding carboxylic acids is 2. The maximum atomic E-state index is 12.7. The molecule has 1 N–H and O–H groups in total. The predicted molar refractivity (Wildman–Crippen MR) is 126 cm³/mol. The number of rotatable bonds is 5. The Balaban J connectivity index is 1.31. The van der Waals surface area contributed by atoms with Gasteiger partial charge in [-0.3, -0.25) is 9.59 Å². The first-order chi connectivity index (χ1) is 15.4. The summed E-state index contributed by atoms with van der Waals surface area (Å²) in [6.45, 7) is 6.53. The van der Waals surface area contributed by atoms with Crippen LogP contribution in [0.5, 0.6) is 0 Å². The van der Waals surface area contributed by atoms with E-state index in [0.29, 0.717) is 23.7 Å². The number of nitrogens with zero attached hydrogens (tertiary/aromatic N) is 4. The Morgan fingerprint density at radius 2 is 1.69 bits per heavy atom. The van der Waals surface area contributed by atoms with Crippen molar-refractivity contribution in [1.29, 1.82) is 0 Å². The minimum absolute atomic E-state index is 0.0330. The topological polar surface area (TPSA) is 70.5 Å². The average Bonchev–Trinajstić information content (AvgIpc) is 3.19. The highest BCUT2D eigenvalue weighted by Crippen LogP contribution is 2.20. The summed E-state index contributed by atoms with van der Waals surface area (Å²) in [5.41, 5.74) is 4.29. The normalized spacial score (nSPS) is 13.8. The van der Waals surface area contributed by atoms with Crippen molar-refractivity contribution in [1.82, 2.24) is 20.0 Å². The van der Waals surface area contributed by atoms with Gasteiger partial charge in [-0.05, 0) is 49.7 Å². The molecule has 2 aromatic carbocycles. The van der Waals surface area contributed by atoms with Crippen LogP contribution in [-0.2, 0) is 4.79 Å². The quantitative estimate of drug-likeness (QED) is 0.646. The second-order valence-electron chi connectivity index (χ2n) is 7.87. The number of amides is 2. The predicted octanol–water partition coefficient (Wildman–Crippen LogP) is 3.22. The lowest BCUT2D eigenvalue weighted by molar-refractivity contribution is -0.130. The van der Waals surface area contributed by atoms with Crippen molar-refractivity contribution in [3.8, 4) is 5.69 Å². The summed E-state index contributed by atoms with van der Waals surface area (Å²) < 4.78 is 1.75. The van der Waals surface area contributed by atoms with Gasteiger partial charge in [0.1, 0.15) is 0 Å². The van der Waals surface area contributed by atoms with Gasteiger partial charge in [-0.1, -0.05) is 29.8 Å². The summed E-state index contributed by atoms with van der Waals surface area (Å²) in [6, 6.07) is 15.6. The number of hydrogen-bond donors (Lipinski definition) is 1. The zero-order chi connectivity index (χ0) is 22.7. The largest absolute Gasteiger partial charge is 0.368 e. The molecule has 0 atom stereocenters. The number of benzene rings is 2. The van der Waals surface area contributed by atoms with Gasteiger partial charge in [0, 0.05) is 36.9 Å². The minimum atomic E-state index is -0.296. The van der Waals surface area contributed by atoms with Gasteiger partial charge < -0.3 is 15.1 Å². The Morgan fingerprint density at radius 3 is 2.38 bits per heavy atom. The zero-order valence-electron chi connectivity index (χ0n) is 18.2. The van der Waals surface area contributed by atoms with E-state index in [-0.39, 0.29) is 18.4 Å². The van der Waals surface area contributed by atoms with Crippen LogP contribution < -0.4 is 10.2 Å². The number of nitrogens with one attached hydrogen (secondary N) is 1. The van der Waals surface area contributed by atoms with Crippen molar-refractivity contribution in [2.45, 2.75) is 13.8 Å². The Morgan fingerprint density at radius 1 is 1.00 bits per heavy atom. The van der Waals surface area contributed by atoms with Gasteiger partial charge >= 0.3 is 0 Å². The van der Waals surface area contributed by atoms with Gasteiger partial charge in [-0.2, -0.15) is 5.10 Å². The standard InChI is InChI=1S/C24H26ClN5O2/c1-17-5-3-4-6-22(17)30-18(2)21(15-27-30)24(32)26-16-23(31)29-13-11-28(12-14-29)20-9-7-19(25)8-10-20/h3-10,15H,11-14,16H2,1-2H3,(H,26,32). The minimum Gasteiger partial charge on any atom is -0.368 e. The van der Waals surface area contributed by atoms with Crippen LogP contribution in [-0.4, -0.2) is 59.2 Å². The number of hydrogen-bond acceptors (Lipinski definition) is 4. The molecule has 1 fully saturated rings. The van der Waals surface area contributed by atoms with Crippen LogP contribution in [0.15, 0.2) is 54.7 Å². The third kappa shape index (κ3) is 4.62. The Kier molecular flexibility index (Phi) is 6.46. The lowest BCUT2D eigenvalue weighted by Crippen LogP contribution is -2.51. The molecule has 2 heterocycles. The highest BCUT2D eigenvalue weighted by atomic mass is 35.5. The molecule has 1 aliphatic rings. The monoisotopic (exact) mass is 451 g/mol. The maximum Gasteiger partial charge on any atom is 0.255 e. The molecule has 32 heavy (non-hydrogen) atoms. The molecule has 1 aromatic heterocycles. The molecular formula is C24H26ClN5O2. The Labute approximate surface area is 192 Å². The van der Waals surface area contributed by atoms with Crippen LogP contribution in [0.1, 0.15) is 21.6 Å². The molecular weight excluding hydrogens is 426 g/mol. The molecule has 2 amide bonds. The molecule has 7 nitrogen and oxygen atoms in total. The van der Waals surface area contributed by atoms with Gasteiger partial charge in [-0.25, -0.2) is 4.68 Å². The molecule has 0 saturated carbocycles. The van der Waals surface area contributed by atoms with Crippen LogP contribution in [0.4, 0.5) is 5.69 Å². The number of para-hydroxylation sites is 1. The first-order valence-corrected chi connectivity index (χ1v) is 11.0. The summed E-state index contributed by atoms with van der Waals surface area (Å²) >= 11 is 5.96. The smallest absolute Gasteiger partial charge is 0.255 e. The van der Waals surface area contributed by atoms with Crippen LogP contribution in [0, 0.1) is 13.8 Å². The summed E-state index contributed by atoms with van der Waals surface area (Å²) in [7, 11) is 0. The number of carbonyl (C=O) groups is 2. The Bertz CT molecular complexity index is 1120. The number of halogens is 1. The van der Waals surface area contributed by atoms with Gasteiger partial charge in [0.25, 0.3) is 5.91 Å². The fourth-order valence-corrected chi connectivity index (χ4v) is 4.03. The molecule has 0 aliphatic carbocycles. The average molecular weight is 452 g/mol. The van der Waals surface area contributed by atoms with E-state index < -0.39 is 0 Å². The number of piperazine rings is 1. The van der Waals surface area contributed by atoms with Gasteiger partial charge in [-0.15, -0.1) is 0 Å². The van der Waals surface area contributed by atoms with Crippen LogP contribution in [0.3, 0.4) is 0 Å². The van der Waals surface area contributed by atoms with E-state index in [9.17, 15) is 9.59 Å². The second-order valence-corrected chi connectivity index (χ2v) is 8.31. The SMILES string of the molecule is Cc1ccccc1-n1ncc(C(=O)NCC(=O)N2CCN(c3ccc(Cl)cc3)CC2)c1C. The van der Waals surface area contributed by atoms with Crippen LogP contribution >= 0.6 is 11.6 Å². The molecule has 0 radical (unpaired) electrons. The number of aryl methyl sites for hydroxylation is 1. The lowest BCUT2D eigenvalue weighted by atomic mass is 10.2. The van der Waals surface area contributed by atoms with Gasteiger partial charge in [0.05, 0.1) is 29.7 Å². The molecule has 0 unspecified atom stereocenters. The summed E-state index contributed by atoms with van der Waals surface area (Å²) in [5, 5.41) is 7.83. The lowest BCUT2D eigenvalue weighted by Gasteiger charge is -2.36. The van der Waals surface area contributed by atoms with Gasteiger partial charge in [0.15, 0.2) is 0 Å². The van der Waals surface area contributed by atoms with E-state index in [1.165, 1.54) is 0 Å². The van der Waals surface area contributed by atoms with Crippen LogP contribution in [0.25, 0.3) is 5.69 Å². The van der Waals surface area contributed by atoms with Crippen molar-refractivity contribution in [2.75, 3.05) is 37.6 Å². The molecule has 4 rings (SSSR count). The summed E-state index contributed by atoms with van der Waals surface area (Å²) in [4.78, 5) is 29.3. The van der Waals surface area contributed by atoms with Crippen molar-refractivity contribution in [3.63, 3.8) is 0 Å². The number of anilines is 1. The molecule has 1 aliphatic heterocycles.